The van der Waals surface area contributed by atoms with Gasteiger partial charge in [-0.25, -0.2) is 4.79 Å². The molecular formula is C22H15ClF3NO5S. The minimum atomic E-state index is -4.53. The van der Waals surface area contributed by atoms with Crippen LogP contribution in [-0.4, -0.2) is 17.1 Å². The number of esters is 1. The average molecular weight is 498 g/mol. The van der Waals surface area contributed by atoms with Crippen LogP contribution in [-0.2, 0) is 27.1 Å². The lowest BCUT2D eigenvalue weighted by Gasteiger charge is -2.24. The van der Waals surface area contributed by atoms with Crippen molar-refractivity contribution in [3.05, 3.63) is 68.5 Å². The minimum Gasteiger partial charge on any atom is -0.461 e. The summed E-state index contributed by atoms with van der Waals surface area (Å²) in [7, 11) is 0. The first-order valence-electron chi connectivity index (χ1n) is 9.58. The maximum absolute atomic E-state index is 12.9. The third-order valence-electron chi connectivity index (χ3n) is 4.98. The second-order valence-electron chi connectivity index (χ2n) is 7.36. The van der Waals surface area contributed by atoms with Crippen molar-refractivity contribution in [2.45, 2.75) is 36.3 Å². The van der Waals surface area contributed by atoms with Crippen LogP contribution < -0.4 is 10.9 Å². The number of aryl methyl sites for hydroxylation is 1. The van der Waals surface area contributed by atoms with E-state index in [0.717, 1.165) is 23.9 Å². The molecule has 6 nitrogen and oxygen atoms in total. The zero-order chi connectivity index (χ0) is 23.9. The molecule has 0 bridgehead atoms. The Morgan fingerprint density at radius 1 is 1.21 bits per heavy atom. The van der Waals surface area contributed by atoms with Gasteiger partial charge in [-0.1, -0.05) is 11.6 Å². The van der Waals surface area contributed by atoms with Gasteiger partial charge in [0.25, 0.3) is 0 Å². The number of hydrogen-bond donors (Lipinski definition) is 1. The Kier molecular flexibility index (Phi) is 6.15. The number of hydrogen-bond acceptors (Lipinski definition) is 6. The van der Waals surface area contributed by atoms with Gasteiger partial charge in [-0.2, -0.15) is 13.2 Å². The van der Waals surface area contributed by atoms with E-state index in [1.807, 2.05) is 0 Å². The topological polar surface area (TPSA) is 85.6 Å². The molecule has 1 N–H and O–H groups in total. The van der Waals surface area contributed by atoms with E-state index in [2.05, 4.69) is 5.32 Å². The molecule has 0 fully saturated rings. The summed E-state index contributed by atoms with van der Waals surface area (Å²) in [5, 5.41) is 2.49. The molecule has 1 aliphatic rings. The molecule has 11 heteroatoms. The van der Waals surface area contributed by atoms with Crippen LogP contribution in [0.15, 0.2) is 50.5 Å². The first-order valence-corrected chi connectivity index (χ1v) is 10.8. The summed E-state index contributed by atoms with van der Waals surface area (Å²) >= 11 is 7.13. The number of anilines is 1. The zero-order valence-electron chi connectivity index (χ0n) is 16.9. The van der Waals surface area contributed by atoms with E-state index < -0.39 is 34.5 Å². The first kappa shape index (κ1) is 23.2. The molecule has 2 heterocycles. The predicted octanol–water partition coefficient (Wildman–Crippen LogP) is 5.32. The molecule has 1 atom stereocenters. The van der Waals surface area contributed by atoms with Crippen LogP contribution in [0.3, 0.4) is 0 Å². The number of halogens is 4. The van der Waals surface area contributed by atoms with Crippen molar-refractivity contribution in [1.29, 1.82) is 0 Å². The molecule has 1 aromatic heterocycles. The van der Waals surface area contributed by atoms with Crippen molar-refractivity contribution in [2.24, 2.45) is 0 Å². The summed E-state index contributed by atoms with van der Waals surface area (Å²) in [5.41, 5.74) is -0.0551. The monoisotopic (exact) mass is 497 g/mol. The summed E-state index contributed by atoms with van der Waals surface area (Å²) < 4.78 is 49.1. The quantitative estimate of drug-likeness (QED) is 0.388. The van der Waals surface area contributed by atoms with Gasteiger partial charge >= 0.3 is 17.8 Å². The highest BCUT2D eigenvalue weighted by molar-refractivity contribution is 8.01. The molecule has 0 aliphatic carbocycles. The second-order valence-corrected chi connectivity index (χ2v) is 9.01. The highest BCUT2D eigenvalue weighted by atomic mass is 35.5. The van der Waals surface area contributed by atoms with Gasteiger partial charge in [0, 0.05) is 26.9 Å². The van der Waals surface area contributed by atoms with Crippen LogP contribution in [0.2, 0.25) is 5.02 Å². The first-order chi connectivity index (χ1) is 15.5. The number of ether oxygens (including phenoxy) is 1. The van der Waals surface area contributed by atoms with E-state index in [-0.39, 0.29) is 18.7 Å². The number of amides is 1. The van der Waals surface area contributed by atoms with Gasteiger partial charge in [0.1, 0.15) is 12.2 Å². The molecular weight excluding hydrogens is 483 g/mol. The van der Waals surface area contributed by atoms with Crippen LogP contribution in [0.1, 0.15) is 23.1 Å². The van der Waals surface area contributed by atoms with Gasteiger partial charge in [0.2, 0.25) is 5.91 Å². The van der Waals surface area contributed by atoms with Crippen molar-refractivity contribution >= 4 is 51.9 Å². The fourth-order valence-electron chi connectivity index (χ4n) is 3.30. The van der Waals surface area contributed by atoms with E-state index in [9.17, 15) is 27.6 Å². The SMILES string of the molecule is Cc1cc2oc(=O)cc(COC(=O)CC3Sc4ccc(C(F)(F)F)cc4NC3=O)c2cc1Cl. The summed E-state index contributed by atoms with van der Waals surface area (Å²) in [4.78, 5) is 37.0. The molecule has 0 saturated carbocycles. The Balaban J connectivity index is 1.45. The highest BCUT2D eigenvalue weighted by Crippen LogP contribution is 2.40. The number of thioether (sulfide) groups is 1. The van der Waals surface area contributed by atoms with Gasteiger partial charge < -0.3 is 14.5 Å². The largest absolute Gasteiger partial charge is 0.461 e. The second kappa shape index (κ2) is 8.75. The van der Waals surface area contributed by atoms with Gasteiger partial charge in [0.05, 0.1) is 22.9 Å². The highest BCUT2D eigenvalue weighted by Gasteiger charge is 2.34. The van der Waals surface area contributed by atoms with Crippen molar-refractivity contribution in [3.63, 3.8) is 0 Å². The number of rotatable bonds is 4. The summed E-state index contributed by atoms with van der Waals surface area (Å²) in [5.74, 6) is -1.31. The normalized spacial score (nSPS) is 15.8. The fraction of sp³-hybridized carbons (Fsp3) is 0.227. The summed E-state index contributed by atoms with van der Waals surface area (Å²) in [6.45, 7) is 1.51. The minimum absolute atomic E-state index is 0.0408. The molecule has 0 spiro atoms. The molecule has 1 aliphatic heterocycles. The van der Waals surface area contributed by atoms with Crippen LogP contribution >= 0.6 is 23.4 Å². The molecule has 172 valence electrons. The molecule has 0 radical (unpaired) electrons. The molecule has 2 aromatic carbocycles. The summed E-state index contributed by atoms with van der Waals surface area (Å²) in [6, 6.07) is 7.43. The van der Waals surface area contributed by atoms with Crippen LogP contribution in [0.4, 0.5) is 18.9 Å². The molecule has 3 aromatic rings. The number of nitrogens with one attached hydrogen (secondary N) is 1. The van der Waals surface area contributed by atoms with E-state index >= 15 is 0 Å². The Bertz CT molecular complexity index is 1340. The lowest BCUT2D eigenvalue weighted by atomic mass is 10.1. The standard InChI is InChI=1S/C22H15ClF3NO5S/c1-10-4-16-13(7-14(10)23)11(5-20(29)32-16)9-31-19(28)8-18-21(30)27-15-6-12(22(24,25)26)2-3-17(15)33-18/h2-7,18H,8-9H2,1H3,(H,27,30). The van der Waals surface area contributed by atoms with E-state index in [1.165, 1.54) is 12.1 Å². The number of alkyl halides is 3. The average Bonchev–Trinajstić information content (AvgIpc) is 2.73. The lowest BCUT2D eigenvalue weighted by molar-refractivity contribution is -0.145. The van der Waals surface area contributed by atoms with Crippen molar-refractivity contribution < 1.29 is 31.9 Å². The maximum atomic E-state index is 12.9. The zero-order valence-corrected chi connectivity index (χ0v) is 18.5. The lowest BCUT2D eigenvalue weighted by Crippen LogP contribution is -2.31. The molecule has 33 heavy (non-hydrogen) atoms. The van der Waals surface area contributed by atoms with E-state index in [1.54, 1.807) is 19.1 Å². The third kappa shape index (κ3) is 5.01. The van der Waals surface area contributed by atoms with Crippen LogP contribution in [0.25, 0.3) is 11.0 Å². The van der Waals surface area contributed by atoms with Gasteiger partial charge in [0.15, 0.2) is 0 Å². The number of fused-ring (bicyclic) bond motifs is 2. The summed E-state index contributed by atoms with van der Waals surface area (Å²) in [6.07, 6.45) is -4.84. The Morgan fingerprint density at radius 2 is 1.97 bits per heavy atom. The molecule has 4 rings (SSSR count). The smallest absolute Gasteiger partial charge is 0.416 e. The van der Waals surface area contributed by atoms with E-state index in [4.69, 9.17) is 20.8 Å². The maximum Gasteiger partial charge on any atom is 0.416 e. The number of benzene rings is 2. The predicted molar refractivity (Wildman–Crippen MR) is 116 cm³/mol. The van der Waals surface area contributed by atoms with Crippen molar-refractivity contribution in [2.75, 3.05) is 5.32 Å². The Hall–Kier alpha value is -2.98. The van der Waals surface area contributed by atoms with Crippen LogP contribution in [0, 0.1) is 6.92 Å². The Morgan fingerprint density at radius 3 is 2.70 bits per heavy atom. The van der Waals surface area contributed by atoms with E-state index in [0.29, 0.717) is 32.0 Å². The third-order valence-corrected chi connectivity index (χ3v) is 6.66. The number of carbonyl (C=O) groups is 2. The molecule has 1 amide bonds. The van der Waals surface area contributed by atoms with Gasteiger partial charge in [-0.05, 0) is 42.8 Å². The van der Waals surface area contributed by atoms with Gasteiger partial charge in [-0.3, -0.25) is 9.59 Å². The van der Waals surface area contributed by atoms with Crippen LogP contribution in [0.5, 0.6) is 0 Å². The molecule has 1 unspecified atom stereocenters. The van der Waals surface area contributed by atoms with Crippen molar-refractivity contribution in [3.8, 4) is 0 Å². The fourth-order valence-corrected chi connectivity index (χ4v) is 4.54. The number of carbonyl (C=O) groups excluding carboxylic acids is 2. The van der Waals surface area contributed by atoms with Gasteiger partial charge in [-0.15, -0.1) is 11.8 Å². The molecule has 0 saturated heterocycles. The van der Waals surface area contributed by atoms with Crippen molar-refractivity contribution in [1.82, 2.24) is 0 Å². The Labute approximate surface area is 194 Å².